The molecular weight excluding hydrogens is 523 g/mol. The molecule has 1 N–H and O–H groups in total. The van der Waals surface area contributed by atoms with Crippen molar-refractivity contribution in [3.8, 4) is 22.9 Å². The molecule has 0 fully saturated rings. The second-order valence-corrected chi connectivity index (χ2v) is 10.0. The van der Waals surface area contributed by atoms with Crippen molar-refractivity contribution in [1.29, 1.82) is 0 Å². The average molecular weight is 554 g/mol. The standard InChI is InChI=1S/C24H30F3N7O3S/c1-4-33-15(2)18-11-17(20(36-3)12-28-18)19-13-34-21(29-14-30-34)22(32-19)37-8-10-38-9-6-16(31-23(33)35)5-7-24(25,26)27/h11-16H,4-10H2,1-3H3,(H,31,35)/t15-,16?/m1/s1. The van der Waals surface area contributed by atoms with Gasteiger partial charge in [-0.3, -0.25) is 4.98 Å². The van der Waals surface area contributed by atoms with Crippen LogP contribution in [-0.2, 0) is 0 Å². The predicted molar refractivity (Wildman–Crippen MR) is 136 cm³/mol. The number of urea groups is 1. The molecule has 14 heteroatoms. The summed E-state index contributed by atoms with van der Waals surface area (Å²) in [6, 6.07) is 0.238. The van der Waals surface area contributed by atoms with E-state index < -0.39 is 30.7 Å². The highest BCUT2D eigenvalue weighted by atomic mass is 32.2. The van der Waals surface area contributed by atoms with Crippen LogP contribution in [-0.4, -0.2) is 79.5 Å². The summed E-state index contributed by atoms with van der Waals surface area (Å²) in [4.78, 5) is 28.2. The van der Waals surface area contributed by atoms with Gasteiger partial charge in [-0.25, -0.2) is 19.3 Å². The third-order valence-electron chi connectivity index (χ3n) is 6.29. The van der Waals surface area contributed by atoms with E-state index in [1.165, 1.54) is 25.2 Å². The number of thioether (sulfide) groups is 1. The second kappa shape index (κ2) is 12.0. The Balaban J connectivity index is 1.72. The number of carbonyl (C=O) groups is 1. The lowest BCUT2D eigenvalue weighted by atomic mass is 10.1. The highest BCUT2D eigenvalue weighted by Crippen LogP contribution is 2.33. The van der Waals surface area contributed by atoms with Gasteiger partial charge in [0.1, 0.15) is 12.1 Å². The van der Waals surface area contributed by atoms with Gasteiger partial charge >= 0.3 is 12.2 Å². The van der Waals surface area contributed by atoms with Crippen molar-refractivity contribution in [1.82, 2.24) is 34.8 Å². The lowest BCUT2D eigenvalue weighted by Gasteiger charge is -2.30. The molecular formula is C24H30F3N7O3S. The molecule has 206 valence electrons. The van der Waals surface area contributed by atoms with Gasteiger partial charge < -0.3 is 19.7 Å². The van der Waals surface area contributed by atoms with Gasteiger partial charge in [0.05, 0.1) is 43.5 Å². The molecule has 38 heavy (non-hydrogen) atoms. The number of rotatable bonds is 4. The van der Waals surface area contributed by atoms with Gasteiger partial charge in [-0.15, -0.1) is 0 Å². The van der Waals surface area contributed by atoms with Crippen LogP contribution in [0.25, 0.3) is 16.9 Å². The van der Waals surface area contributed by atoms with Crippen LogP contribution < -0.4 is 14.8 Å². The van der Waals surface area contributed by atoms with Crippen LogP contribution in [0, 0.1) is 0 Å². The number of methoxy groups -OCH3 is 1. The summed E-state index contributed by atoms with van der Waals surface area (Å²) in [6.07, 6.45) is -0.391. The van der Waals surface area contributed by atoms with Crippen LogP contribution in [0.1, 0.15) is 44.8 Å². The first-order chi connectivity index (χ1) is 18.2. The number of aromatic nitrogens is 5. The molecule has 0 saturated carbocycles. The quantitative estimate of drug-likeness (QED) is 0.503. The zero-order valence-electron chi connectivity index (χ0n) is 21.4. The number of pyridine rings is 1. The van der Waals surface area contributed by atoms with Gasteiger partial charge in [0.15, 0.2) is 0 Å². The topological polar surface area (TPSA) is 107 Å². The number of carbonyl (C=O) groups excluding carboxylic acids is 1. The van der Waals surface area contributed by atoms with Crippen molar-refractivity contribution in [3.63, 3.8) is 0 Å². The maximum atomic E-state index is 13.2. The first-order valence-electron chi connectivity index (χ1n) is 12.3. The Hall–Kier alpha value is -3.29. The summed E-state index contributed by atoms with van der Waals surface area (Å²) in [5.41, 5.74) is 2.15. The Kier molecular flexibility index (Phi) is 8.80. The van der Waals surface area contributed by atoms with E-state index in [0.717, 1.165) is 0 Å². The van der Waals surface area contributed by atoms with Gasteiger partial charge in [-0.05, 0) is 38.5 Å². The third kappa shape index (κ3) is 6.58. The van der Waals surface area contributed by atoms with Crippen molar-refractivity contribution in [2.24, 2.45) is 0 Å². The van der Waals surface area contributed by atoms with Crippen LogP contribution in [0.3, 0.4) is 0 Å². The summed E-state index contributed by atoms with van der Waals surface area (Å²) >= 11 is 1.53. The highest BCUT2D eigenvalue weighted by molar-refractivity contribution is 7.99. The summed E-state index contributed by atoms with van der Waals surface area (Å²) in [5.74, 6) is 1.90. The van der Waals surface area contributed by atoms with Crippen LogP contribution >= 0.6 is 11.8 Å². The van der Waals surface area contributed by atoms with Crippen molar-refractivity contribution < 1.29 is 27.4 Å². The van der Waals surface area contributed by atoms with Crippen molar-refractivity contribution >= 4 is 23.4 Å². The molecule has 0 spiro atoms. The fourth-order valence-corrected chi connectivity index (χ4v) is 5.10. The number of alkyl halides is 3. The molecule has 1 aliphatic heterocycles. The normalized spacial score (nSPS) is 19.5. The minimum absolute atomic E-state index is 0.191. The van der Waals surface area contributed by atoms with Gasteiger partial charge in [0.2, 0.25) is 5.65 Å². The van der Waals surface area contributed by atoms with E-state index in [4.69, 9.17) is 9.47 Å². The first kappa shape index (κ1) is 27.7. The maximum absolute atomic E-state index is 13.2. The first-order valence-corrected chi connectivity index (χ1v) is 13.4. The Bertz CT molecular complexity index is 1260. The van der Waals surface area contributed by atoms with Crippen LogP contribution in [0.5, 0.6) is 11.6 Å². The van der Waals surface area contributed by atoms with E-state index in [-0.39, 0.29) is 6.42 Å². The molecule has 0 aromatic carbocycles. The zero-order valence-corrected chi connectivity index (χ0v) is 22.2. The van der Waals surface area contributed by atoms with Crippen LogP contribution in [0.2, 0.25) is 0 Å². The molecule has 2 atom stereocenters. The van der Waals surface area contributed by atoms with E-state index in [0.29, 0.717) is 65.3 Å². The maximum Gasteiger partial charge on any atom is 0.389 e. The zero-order chi connectivity index (χ0) is 27.3. The Labute approximate surface area is 222 Å². The van der Waals surface area contributed by atoms with E-state index in [1.54, 1.807) is 27.9 Å². The lowest BCUT2D eigenvalue weighted by molar-refractivity contribution is -0.136. The molecule has 1 unspecified atom stereocenters. The summed E-state index contributed by atoms with van der Waals surface area (Å²) in [7, 11) is 1.52. The molecule has 0 aliphatic carbocycles. The summed E-state index contributed by atoms with van der Waals surface area (Å²) in [5, 5.41) is 7.06. The molecule has 4 bridgehead atoms. The minimum atomic E-state index is -4.30. The summed E-state index contributed by atoms with van der Waals surface area (Å²) < 4.78 is 51.9. The number of hydrogen-bond acceptors (Lipinski definition) is 8. The highest BCUT2D eigenvalue weighted by Gasteiger charge is 2.30. The number of fused-ring (bicyclic) bond motifs is 7. The molecule has 3 aromatic rings. The SMILES string of the molecule is CCN1C(=O)NC(CCC(F)(F)F)CCSCCOc2nc(cn3ncnc23)-c2cc(ncc2OC)[C@H]1C. The molecule has 0 saturated heterocycles. The molecule has 10 nitrogen and oxygen atoms in total. The van der Waals surface area contributed by atoms with Crippen LogP contribution in [0.15, 0.2) is 24.8 Å². The monoisotopic (exact) mass is 553 g/mol. The minimum Gasteiger partial charge on any atom is -0.494 e. The van der Waals surface area contributed by atoms with Gasteiger partial charge in [-0.2, -0.15) is 30.0 Å². The Morgan fingerprint density at radius 2 is 2.11 bits per heavy atom. The van der Waals surface area contributed by atoms with E-state index in [9.17, 15) is 18.0 Å². The number of nitrogens with one attached hydrogen (secondary N) is 1. The lowest BCUT2D eigenvalue weighted by Crippen LogP contribution is -2.46. The average Bonchev–Trinajstić information content (AvgIpc) is 3.37. The third-order valence-corrected chi connectivity index (χ3v) is 7.27. The van der Waals surface area contributed by atoms with Gasteiger partial charge in [0, 0.05) is 30.3 Å². The largest absolute Gasteiger partial charge is 0.494 e. The Morgan fingerprint density at radius 1 is 1.29 bits per heavy atom. The predicted octanol–water partition coefficient (Wildman–Crippen LogP) is 4.51. The molecule has 1 aliphatic rings. The Morgan fingerprint density at radius 3 is 2.84 bits per heavy atom. The molecule has 4 heterocycles. The van der Waals surface area contributed by atoms with Gasteiger partial charge in [0.25, 0.3) is 5.88 Å². The van der Waals surface area contributed by atoms with Crippen molar-refractivity contribution in [2.45, 2.75) is 51.4 Å². The van der Waals surface area contributed by atoms with E-state index in [2.05, 4.69) is 25.4 Å². The molecule has 4 rings (SSSR count). The van der Waals surface area contributed by atoms with E-state index in [1.807, 2.05) is 13.8 Å². The number of hydrogen-bond donors (Lipinski definition) is 1. The number of amides is 2. The molecule has 0 radical (unpaired) electrons. The fraction of sp³-hybridized carbons (Fsp3) is 0.542. The fourth-order valence-electron chi connectivity index (χ4n) is 4.24. The smallest absolute Gasteiger partial charge is 0.389 e. The van der Waals surface area contributed by atoms with E-state index >= 15 is 0 Å². The summed E-state index contributed by atoms with van der Waals surface area (Å²) in [6.45, 7) is 4.27. The van der Waals surface area contributed by atoms with Crippen LogP contribution in [0.4, 0.5) is 18.0 Å². The van der Waals surface area contributed by atoms with Gasteiger partial charge in [-0.1, -0.05) is 0 Å². The molecule has 3 aromatic heterocycles. The molecule has 2 amide bonds. The van der Waals surface area contributed by atoms with Crippen molar-refractivity contribution in [2.75, 3.05) is 31.8 Å². The number of ether oxygens (including phenoxy) is 2. The number of halogens is 3. The second-order valence-electron chi connectivity index (χ2n) is 8.78. The number of nitrogens with zero attached hydrogens (tertiary/aromatic N) is 6. The van der Waals surface area contributed by atoms with Crippen molar-refractivity contribution in [3.05, 3.63) is 30.5 Å².